The molecule has 0 saturated heterocycles. The summed E-state index contributed by atoms with van der Waals surface area (Å²) in [6, 6.07) is 0. The summed E-state index contributed by atoms with van der Waals surface area (Å²) in [6.07, 6.45) is 3.23. The third-order valence-corrected chi connectivity index (χ3v) is 2.44. The van der Waals surface area contributed by atoms with Crippen molar-refractivity contribution in [2.24, 2.45) is 15.9 Å². The lowest BCUT2D eigenvalue weighted by molar-refractivity contribution is 0.898. The first-order chi connectivity index (χ1) is 5.33. The van der Waals surface area contributed by atoms with Gasteiger partial charge in [-0.05, 0) is 12.2 Å². The van der Waals surface area contributed by atoms with E-state index in [1.807, 2.05) is 0 Å². The zero-order valence-corrected chi connectivity index (χ0v) is 7.52. The van der Waals surface area contributed by atoms with Crippen LogP contribution in [-0.2, 0) is 0 Å². The summed E-state index contributed by atoms with van der Waals surface area (Å²) in [7, 11) is 0. The van der Waals surface area contributed by atoms with Crippen LogP contribution in [0.2, 0.25) is 0 Å². The minimum absolute atomic E-state index is 0.643. The van der Waals surface area contributed by atoms with E-state index in [0.29, 0.717) is 5.84 Å². The second kappa shape index (κ2) is 4.38. The molecule has 0 bridgehead atoms. The van der Waals surface area contributed by atoms with Gasteiger partial charge >= 0.3 is 0 Å². The van der Waals surface area contributed by atoms with Gasteiger partial charge in [0.1, 0.15) is 10.9 Å². The predicted octanol–water partition coefficient (Wildman–Crippen LogP) is 1.59. The Hall–Kier alpha value is -0.510. The standard InChI is InChI=1S/C7H13N3S/c1-2-3-4-11-7-5-6(8)9-10-7/h2-5H2,1H3,(H2,8,9). The van der Waals surface area contributed by atoms with Crippen LogP contribution in [0.15, 0.2) is 10.2 Å². The fraction of sp³-hybridized carbons (Fsp3) is 0.714. The van der Waals surface area contributed by atoms with E-state index < -0.39 is 0 Å². The molecule has 1 rings (SSSR count). The Morgan fingerprint density at radius 3 is 2.91 bits per heavy atom. The van der Waals surface area contributed by atoms with Crippen LogP contribution in [0.1, 0.15) is 26.2 Å². The molecule has 1 heterocycles. The summed E-state index contributed by atoms with van der Waals surface area (Å²) in [4.78, 5) is 0. The van der Waals surface area contributed by atoms with E-state index in [4.69, 9.17) is 5.73 Å². The number of nitrogens with two attached hydrogens (primary N) is 1. The van der Waals surface area contributed by atoms with Gasteiger partial charge in [0.2, 0.25) is 0 Å². The van der Waals surface area contributed by atoms with Crippen molar-refractivity contribution in [2.45, 2.75) is 26.2 Å². The van der Waals surface area contributed by atoms with Crippen LogP contribution in [0.5, 0.6) is 0 Å². The number of nitrogens with zero attached hydrogens (tertiary/aromatic N) is 2. The number of amidine groups is 1. The summed E-state index contributed by atoms with van der Waals surface area (Å²) in [5, 5.41) is 8.75. The van der Waals surface area contributed by atoms with Crippen molar-refractivity contribution >= 4 is 22.6 Å². The molecule has 0 fully saturated rings. The zero-order valence-electron chi connectivity index (χ0n) is 6.71. The minimum Gasteiger partial charge on any atom is -0.385 e. The third-order valence-electron chi connectivity index (χ3n) is 1.39. The highest BCUT2D eigenvalue weighted by atomic mass is 32.2. The Labute approximate surface area is 71.1 Å². The average molecular weight is 171 g/mol. The SMILES string of the molecule is CCCCSC1=NN=C(N)C1. The molecule has 2 N–H and O–H groups in total. The molecule has 4 heteroatoms. The van der Waals surface area contributed by atoms with E-state index >= 15 is 0 Å². The quantitative estimate of drug-likeness (QED) is 0.656. The monoisotopic (exact) mass is 171 g/mol. The van der Waals surface area contributed by atoms with E-state index in [0.717, 1.165) is 17.2 Å². The van der Waals surface area contributed by atoms with Gasteiger partial charge in [0.15, 0.2) is 0 Å². The second-order valence-corrected chi connectivity index (χ2v) is 3.63. The molecule has 3 nitrogen and oxygen atoms in total. The number of thioether (sulfide) groups is 1. The van der Waals surface area contributed by atoms with Crippen molar-refractivity contribution in [2.75, 3.05) is 5.75 Å². The summed E-state index contributed by atoms with van der Waals surface area (Å²) in [6.45, 7) is 2.18. The van der Waals surface area contributed by atoms with Crippen molar-refractivity contribution in [3.8, 4) is 0 Å². The minimum atomic E-state index is 0.643. The highest BCUT2D eigenvalue weighted by Crippen LogP contribution is 2.14. The fourth-order valence-corrected chi connectivity index (χ4v) is 1.78. The van der Waals surface area contributed by atoms with Crippen LogP contribution in [0.3, 0.4) is 0 Å². The molecule has 0 saturated carbocycles. The van der Waals surface area contributed by atoms with Gasteiger partial charge < -0.3 is 5.73 Å². The van der Waals surface area contributed by atoms with Crippen molar-refractivity contribution < 1.29 is 0 Å². The lowest BCUT2D eigenvalue weighted by atomic mass is 10.4. The lowest BCUT2D eigenvalue weighted by Crippen LogP contribution is -2.10. The smallest absolute Gasteiger partial charge is 0.129 e. The first-order valence-electron chi connectivity index (χ1n) is 3.84. The third kappa shape index (κ3) is 2.93. The van der Waals surface area contributed by atoms with Gasteiger partial charge in [0.05, 0.1) is 6.42 Å². The van der Waals surface area contributed by atoms with E-state index in [2.05, 4.69) is 17.1 Å². The van der Waals surface area contributed by atoms with Crippen LogP contribution in [0, 0.1) is 0 Å². The highest BCUT2D eigenvalue weighted by Gasteiger charge is 2.08. The van der Waals surface area contributed by atoms with Crippen molar-refractivity contribution in [3.63, 3.8) is 0 Å². The molecule has 1 aliphatic rings. The van der Waals surface area contributed by atoms with Crippen molar-refractivity contribution in [1.82, 2.24) is 0 Å². The molecule has 0 amide bonds. The molecule has 0 radical (unpaired) electrons. The molecule has 0 aromatic carbocycles. The maximum Gasteiger partial charge on any atom is 0.129 e. The normalized spacial score (nSPS) is 16.5. The first kappa shape index (κ1) is 8.59. The maximum absolute atomic E-state index is 5.45. The van der Waals surface area contributed by atoms with Gasteiger partial charge in [-0.2, -0.15) is 0 Å². The average Bonchev–Trinajstić information content (AvgIpc) is 2.37. The summed E-state index contributed by atoms with van der Waals surface area (Å²) < 4.78 is 0. The van der Waals surface area contributed by atoms with Crippen molar-refractivity contribution in [3.05, 3.63) is 0 Å². The topological polar surface area (TPSA) is 50.7 Å². The summed E-state index contributed by atoms with van der Waals surface area (Å²) >= 11 is 1.77. The number of hydrogen-bond acceptors (Lipinski definition) is 4. The molecule has 0 spiro atoms. The molecule has 62 valence electrons. The summed E-state index contributed by atoms with van der Waals surface area (Å²) in [5.74, 6) is 1.78. The van der Waals surface area contributed by atoms with Gasteiger partial charge in [0.25, 0.3) is 0 Å². The largest absolute Gasteiger partial charge is 0.385 e. The van der Waals surface area contributed by atoms with Crippen molar-refractivity contribution in [1.29, 1.82) is 0 Å². The molecule has 0 aromatic heterocycles. The number of rotatable bonds is 3. The molecular weight excluding hydrogens is 158 g/mol. The van der Waals surface area contributed by atoms with Crippen LogP contribution in [-0.4, -0.2) is 16.6 Å². The van der Waals surface area contributed by atoms with E-state index in [1.165, 1.54) is 12.8 Å². The Kier molecular flexibility index (Phi) is 3.42. The first-order valence-corrected chi connectivity index (χ1v) is 4.83. The lowest BCUT2D eigenvalue weighted by Gasteiger charge is -1.96. The van der Waals surface area contributed by atoms with Crippen LogP contribution >= 0.6 is 11.8 Å². The molecule has 0 atom stereocenters. The Morgan fingerprint density at radius 2 is 2.36 bits per heavy atom. The van der Waals surface area contributed by atoms with Crippen LogP contribution in [0.25, 0.3) is 0 Å². The molecular formula is C7H13N3S. The highest BCUT2D eigenvalue weighted by molar-refractivity contribution is 8.14. The van der Waals surface area contributed by atoms with Gasteiger partial charge in [0, 0.05) is 0 Å². The summed E-state index contributed by atoms with van der Waals surface area (Å²) in [5.41, 5.74) is 5.45. The predicted molar refractivity (Wildman–Crippen MR) is 51.0 cm³/mol. The fourth-order valence-electron chi connectivity index (χ4n) is 0.760. The van der Waals surface area contributed by atoms with E-state index in [9.17, 15) is 0 Å². The zero-order chi connectivity index (χ0) is 8.10. The van der Waals surface area contributed by atoms with Gasteiger partial charge in [-0.1, -0.05) is 13.3 Å². The second-order valence-electron chi connectivity index (χ2n) is 2.46. The van der Waals surface area contributed by atoms with Crippen LogP contribution < -0.4 is 5.73 Å². The van der Waals surface area contributed by atoms with Crippen LogP contribution in [0.4, 0.5) is 0 Å². The molecule has 1 aliphatic heterocycles. The molecule has 0 aromatic rings. The molecule has 11 heavy (non-hydrogen) atoms. The maximum atomic E-state index is 5.45. The van der Waals surface area contributed by atoms with E-state index in [-0.39, 0.29) is 0 Å². The number of hydrogen-bond donors (Lipinski definition) is 1. The van der Waals surface area contributed by atoms with Gasteiger partial charge in [-0.3, -0.25) is 0 Å². The Morgan fingerprint density at radius 1 is 1.55 bits per heavy atom. The molecule has 0 unspecified atom stereocenters. The Bertz CT molecular complexity index is 186. The van der Waals surface area contributed by atoms with Gasteiger partial charge in [-0.15, -0.1) is 22.0 Å². The number of unbranched alkanes of at least 4 members (excludes halogenated alkanes) is 1. The van der Waals surface area contributed by atoms with E-state index in [1.54, 1.807) is 11.8 Å². The van der Waals surface area contributed by atoms with Gasteiger partial charge in [-0.25, -0.2) is 0 Å². The molecule has 0 aliphatic carbocycles. The Balaban J connectivity index is 2.11.